The highest BCUT2D eigenvalue weighted by Crippen LogP contribution is 2.21. The van der Waals surface area contributed by atoms with Crippen LogP contribution < -0.4 is 19.5 Å². The third-order valence-electron chi connectivity index (χ3n) is 4.10. The molecule has 0 aliphatic carbocycles. The van der Waals surface area contributed by atoms with Gasteiger partial charge in [0.15, 0.2) is 0 Å². The van der Waals surface area contributed by atoms with Crippen LogP contribution >= 0.6 is 0 Å². The summed E-state index contributed by atoms with van der Waals surface area (Å²) in [6, 6.07) is 19.2. The molecule has 150 valence electrons. The van der Waals surface area contributed by atoms with Crippen molar-refractivity contribution >= 4 is 27.3 Å². The normalized spacial score (nSPS) is 10.8. The summed E-state index contributed by atoms with van der Waals surface area (Å²) in [4.78, 5) is 12.4. The van der Waals surface area contributed by atoms with E-state index < -0.39 is 10.0 Å². The number of sulfonamides is 1. The Labute approximate surface area is 169 Å². The Morgan fingerprint density at radius 3 is 2.03 bits per heavy atom. The zero-order valence-corrected chi connectivity index (χ0v) is 16.7. The first-order chi connectivity index (χ1) is 13.9. The number of benzene rings is 3. The van der Waals surface area contributed by atoms with Crippen molar-refractivity contribution in [3.8, 4) is 11.5 Å². The standard InChI is InChI=1S/C21H20N2O5S/c1-27-18-10-6-17(7-11-18)23-29(25,26)20-12-8-16(9-13-20)22-21(24)15-4-3-5-19(14-15)28-2/h3-14,23H,1-2H3,(H,22,24). The average molecular weight is 412 g/mol. The average Bonchev–Trinajstić information content (AvgIpc) is 2.74. The SMILES string of the molecule is COc1ccc(NS(=O)(=O)c2ccc(NC(=O)c3cccc(OC)c3)cc2)cc1. The Morgan fingerprint density at radius 1 is 0.793 bits per heavy atom. The molecule has 0 saturated heterocycles. The van der Waals surface area contributed by atoms with Crippen LogP contribution in [-0.2, 0) is 10.0 Å². The van der Waals surface area contributed by atoms with E-state index in [1.165, 1.54) is 38.5 Å². The van der Waals surface area contributed by atoms with Gasteiger partial charge < -0.3 is 14.8 Å². The second-order valence-corrected chi connectivity index (χ2v) is 7.73. The summed E-state index contributed by atoms with van der Waals surface area (Å²) in [7, 11) is -0.700. The van der Waals surface area contributed by atoms with Gasteiger partial charge in [-0.3, -0.25) is 9.52 Å². The zero-order valence-electron chi connectivity index (χ0n) is 15.9. The van der Waals surface area contributed by atoms with Gasteiger partial charge in [0, 0.05) is 16.9 Å². The smallest absolute Gasteiger partial charge is 0.261 e. The molecule has 8 heteroatoms. The molecule has 0 unspecified atom stereocenters. The molecule has 0 saturated carbocycles. The van der Waals surface area contributed by atoms with Crippen LogP contribution in [0.15, 0.2) is 77.7 Å². The highest BCUT2D eigenvalue weighted by atomic mass is 32.2. The summed E-state index contributed by atoms with van der Waals surface area (Å²) in [5, 5.41) is 2.73. The molecule has 29 heavy (non-hydrogen) atoms. The number of carbonyl (C=O) groups is 1. The van der Waals surface area contributed by atoms with E-state index >= 15 is 0 Å². The van der Waals surface area contributed by atoms with Crippen molar-refractivity contribution in [2.75, 3.05) is 24.3 Å². The van der Waals surface area contributed by atoms with Gasteiger partial charge in [-0.2, -0.15) is 0 Å². The van der Waals surface area contributed by atoms with Gasteiger partial charge in [-0.25, -0.2) is 8.42 Å². The first-order valence-corrected chi connectivity index (χ1v) is 10.1. The minimum Gasteiger partial charge on any atom is -0.497 e. The number of ether oxygens (including phenoxy) is 2. The van der Waals surface area contributed by atoms with E-state index in [0.29, 0.717) is 28.4 Å². The van der Waals surface area contributed by atoms with Crippen LogP contribution in [0.3, 0.4) is 0 Å². The van der Waals surface area contributed by atoms with E-state index in [4.69, 9.17) is 9.47 Å². The molecular weight excluding hydrogens is 392 g/mol. The highest BCUT2D eigenvalue weighted by Gasteiger charge is 2.15. The van der Waals surface area contributed by atoms with Crippen LogP contribution in [0.5, 0.6) is 11.5 Å². The van der Waals surface area contributed by atoms with Crippen molar-refractivity contribution in [2.45, 2.75) is 4.90 Å². The number of rotatable bonds is 7. The maximum absolute atomic E-state index is 12.5. The molecule has 7 nitrogen and oxygen atoms in total. The van der Waals surface area contributed by atoms with Crippen LogP contribution in [0, 0.1) is 0 Å². The number of methoxy groups -OCH3 is 2. The summed E-state index contributed by atoms with van der Waals surface area (Å²) >= 11 is 0. The first kappa shape index (κ1) is 20.2. The fourth-order valence-corrected chi connectivity index (χ4v) is 3.62. The Morgan fingerprint density at radius 2 is 1.41 bits per heavy atom. The zero-order chi connectivity index (χ0) is 20.9. The van der Waals surface area contributed by atoms with Gasteiger partial charge in [-0.1, -0.05) is 6.07 Å². The molecular formula is C21H20N2O5S. The molecule has 0 aliphatic rings. The van der Waals surface area contributed by atoms with Gasteiger partial charge in [-0.15, -0.1) is 0 Å². The Balaban J connectivity index is 1.70. The molecule has 0 radical (unpaired) electrons. The Bertz CT molecular complexity index is 1090. The van der Waals surface area contributed by atoms with Crippen molar-refractivity contribution < 1.29 is 22.7 Å². The first-order valence-electron chi connectivity index (χ1n) is 8.63. The van der Waals surface area contributed by atoms with Crippen molar-refractivity contribution in [2.24, 2.45) is 0 Å². The molecule has 3 aromatic rings. The van der Waals surface area contributed by atoms with E-state index in [1.54, 1.807) is 48.5 Å². The monoisotopic (exact) mass is 412 g/mol. The fourth-order valence-electron chi connectivity index (χ4n) is 2.56. The molecule has 1 amide bonds. The van der Waals surface area contributed by atoms with Crippen LogP contribution in [0.2, 0.25) is 0 Å². The number of amides is 1. The minimum absolute atomic E-state index is 0.0766. The molecule has 0 atom stereocenters. The molecule has 0 aromatic heterocycles. The molecule has 3 aromatic carbocycles. The minimum atomic E-state index is -3.76. The Kier molecular flexibility index (Phi) is 6.04. The molecule has 0 heterocycles. The van der Waals surface area contributed by atoms with Gasteiger partial charge in [0.1, 0.15) is 11.5 Å². The fraction of sp³-hybridized carbons (Fsp3) is 0.0952. The van der Waals surface area contributed by atoms with Crippen molar-refractivity contribution in [3.63, 3.8) is 0 Å². The Hall–Kier alpha value is -3.52. The maximum atomic E-state index is 12.5. The quantitative estimate of drug-likeness (QED) is 0.616. The summed E-state index contributed by atoms with van der Waals surface area (Å²) in [6.07, 6.45) is 0. The lowest BCUT2D eigenvalue weighted by Crippen LogP contribution is -2.14. The van der Waals surface area contributed by atoms with Crippen LogP contribution in [0.4, 0.5) is 11.4 Å². The molecule has 3 rings (SSSR count). The third kappa shape index (κ3) is 5.05. The number of anilines is 2. The van der Waals surface area contributed by atoms with E-state index in [9.17, 15) is 13.2 Å². The molecule has 0 bridgehead atoms. The van der Waals surface area contributed by atoms with Crippen LogP contribution in [0.25, 0.3) is 0 Å². The van der Waals surface area contributed by atoms with Crippen LogP contribution in [-0.4, -0.2) is 28.5 Å². The molecule has 0 spiro atoms. The summed E-state index contributed by atoms with van der Waals surface area (Å²) < 4.78 is 37.7. The van der Waals surface area contributed by atoms with E-state index in [0.717, 1.165) is 0 Å². The van der Waals surface area contributed by atoms with Crippen molar-refractivity contribution in [1.29, 1.82) is 0 Å². The van der Waals surface area contributed by atoms with Gasteiger partial charge in [0.05, 0.1) is 19.1 Å². The lowest BCUT2D eigenvalue weighted by Gasteiger charge is -2.10. The van der Waals surface area contributed by atoms with Crippen LogP contribution in [0.1, 0.15) is 10.4 Å². The number of carbonyl (C=O) groups excluding carboxylic acids is 1. The number of nitrogens with one attached hydrogen (secondary N) is 2. The van der Waals surface area contributed by atoms with Crippen molar-refractivity contribution in [1.82, 2.24) is 0 Å². The van der Waals surface area contributed by atoms with E-state index in [1.807, 2.05) is 0 Å². The topological polar surface area (TPSA) is 93.7 Å². The van der Waals surface area contributed by atoms with Crippen molar-refractivity contribution in [3.05, 3.63) is 78.4 Å². The third-order valence-corrected chi connectivity index (χ3v) is 5.49. The van der Waals surface area contributed by atoms with Gasteiger partial charge in [0.2, 0.25) is 0 Å². The summed E-state index contributed by atoms with van der Waals surface area (Å²) in [5.41, 5.74) is 1.32. The second-order valence-electron chi connectivity index (χ2n) is 6.04. The van der Waals surface area contributed by atoms with Gasteiger partial charge in [0.25, 0.3) is 15.9 Å². The summed E-state index contributed by atoms with van der Waals surface area (Å²) in [5.74, 6) is 0.878. The molecule has 0 fully saturated rings. The summed E-state index contributed by atoms with van der Waals surface area (Å²) in [6.45, 7) is 0. The second kappa shape index (κ2) is 8.66. The van der Waals surface area contributed by atoms with E-state index in [-0.39, 0.29) is 10.8 Å². The number of hydrogen-bond donors (Lipinski definition) is 2. The predicted molar refractivity (Wildman–Crippen MR) is 111 cm³/mol. The highest BCUT2D eigenvalue weighted by molar-refractivity contribution is 7.92. The molecule has 2 N–H and O–H groups in total. The van der Waals surface area contributed by atoms with E-state index in [2.05, 4.69) is 10.0 Å². The van der Waals surface area contributed by atoms with Gasteiger partial charge in [-0.05, 0) is 66.7 Å². The lowest BCUT2D eigenvalue weighted by atomic mass is 10.2. The molecule has 0 aliphatic heterocycles. The largest absolute Gasteiger partial charge is 0.497 e. The number of hydrogen-bond acceptors (Lipinski definition) is 5. The maximum Gasteiger partial charge on any atom is 0.261 e. The predicted octanol–water partition coefficient (Wildman–Crippen LogP) is 3.76. The lowest BCUT2D eigenvalue weighted by molar-refractivity contribution is 0.102. The van der Waals surface area contributed by atoms with Gasteiger partial charge >= 0.3 is 0 Å².